The fourth-order valence-electron chi connectivity index (χ4n) is 2.56. The van der Waals surface area contributed by atoms with Crippen molar-refractivity contribution in [1.29, 1.82) is 0 Å². The summed E-state index contributed by atoms with van der Waals surface area (Å²) in [5.74, 6) is 0.844. The molecule has 0 spiro atoms. The van der Waals surface area contributed by atoms with Crippen molar-refractivity contribution in [3.05, 3.63) is 24.0 Å². The molecule has 3 heteroatoms. The van der Waals surface area contributed by atoms with Crippen LogP contribution < -0.4 is 4.90 Å². The summed E-state index contributed by atoms with van der Waals surface area (Å²) in [7, 11) is 2.12. The van der Waals surface area contributed by atoms with Crippen molar-refractivity contribution >= 4 is 5.69 Å². The van der Waals surface area contributed by atoms with Gasteiger partial charge in [-0.25, -0.2) is 0 Å². The van der Waals surface area contributed by atoms with Crippen molar-refractivity contribution in [2.24, 2.45) is 5.92 Å². The highest BCUT2D eigenvalue weighted by atomic mass is 16.3. The number of nitrogens with zero attached hydrogens (tertiary/aromatic N) is 2. The number of aromatic nitrogens is 1. The van der Waals surface area contributed by atoms with E-state index in [4.69, 9.17) is 0 Å². The maximum Gasteiger partial charge on any atom is 0.0931 e. The third-order valence-corrected chi connectivity index (χ3v) is 3.65. The lowest BCUT2D eigenvalue weighted by molar-refractivity contribution is 0.194. The van der Waals surface area contributed by atoms with Gasteiger partial charge in [0, 0.05) is 13.6 Å². The van der Waals surface area contributed by atoms with Gasteiger partial charge in [-0.1, -0.05) is 12.8 Å². The molecule has 0 aromatic carbocycles. The molecule has 0 saturated heterocycles. The van der Waals surface area contributed by atoms with Gasteiger partial charge in [-0.2, -0.15) is 0 Å². The van der Waals surface area contributed by atoms with Crippen LogP contribution in [0.15, 0.2) is 18.3 Å². The molecule has 1 unspecified atom stereocenters. The lowest BCUT2D eigenvalue weighted by Crippen LogP contribution is -2.24. The second kappa shape index (κ2) is 5.50. The average molecular weight is 234 g/mol. The molecule has 1 aromatic rings. The molecular formula is C14H22N2O. The number of rotatable bonds is 4. The van der Waals surface area contributed by atoms with Crippen LogP contribution in [-0.4, -0.2) is 23.7 Å². The Bertz CT molecular complexity index is 342. The minimum atomic E-state index is -0.482. The Morgan fingerprint density at radius 2 is 2.12 bits per heavy atom. The molecule has 1 aromatic heterocycles. The minimum absolute atomic E-state index is 0.482. The molecule has 2 rings (SSSR count). The summed E-state index contributed by atoms with van der Waals surface area (Å²) in [4.78, 5) is 6.55. The van der Waals surface area contributed by atoms with E-state index in [1.54, 1.807) is 6.92 Å². The molecule has 1 aliphatic rings. The van der Waals surface area contributed by atoms with Crippen LogP contribution in [0, 0.1) is 5.92 Å². The third-order valence-electron chi connectivity index (χ3n) is 3.65. The molecule has 1 aliphatic carbocycles. The van der Waals surface area contributed by atoms with Gasteiger partial charge in [-0.15, -0.1) is 0 Å². The number of aliphatic hydroxyl groups excluding tert-OH is 1. The highest BCUT2D eigenvalue weighted by Crippen LogP contribution is 2.26. The van der Waals surface area contributed by atoms with E-state index in [-0.39, 0.29) is 0 Å². The van der Waals surface area contributed by atoms with E-state index >= 15 is 0 Å². The maximum absolute atomic E-state index is 9.41. The highest BCUT2D eigenvalue weighted by molar-refractivity contribution is 5.43. The number of hydrogen-bond donors (Lipinski definition) is 1. The van der Waals surface area contributed by atoms with Gasteiger partial charge in [0.05, 0.1) is 23.7 Å². The van der Waals surface area contributed by atoms with E-state index in [1.807, 2.05) is 18.3 Å². The standard InChI is InChI=1S/C14H22N2O/c1-11(17)14-8-7-13(9-15-14)16(2)10-12-5-3-4-6-12/h7-9,11-12,17H,3-6,10H2,1-2H3. The summed E-state index contributed by atoms with van der Waals surface area (Å²) in [6.45, 7) is 2.86. The zero-order valence-electron chi connectivity index (χ0n) is 10.8. The van der Waals surface area contributed by atoms with Crippen LogP contribution in [0.2, 0.25) is 0 Å². The van der Waals surface area contributed by atoms with Gasteiger partial charge in [-0.05, 0) is 37.8 Å². The number of anilines is 1. The van der Waals surface area contributed by atoms with Crippen LogP contribution in [0.1, 0.15) is 44.4 Å². The Morgan fingerprint density at radius 1 is 1.41 bits per heavy atom. The summed E-state index contributed by atoms with van der Waals surface area (Å²) in [5, 5.41) is 9.41. The predicted octanol–water partition coefficient (Wildman–Crippen LogP) is 2.76. The van der Waals surface area contributed by atoms with Gasteiger partial charge in [0.1, 0.15) is 0 Å². The highest BCUT2D eigenvalue weighted by Gasteiger charge is 2.17. The van der Waals surface area contributed by atoms with Crippen molar-refractivity contribution in [1.82, 2.24) is 4.98 Å². The molecule has 0 aliphatic heterocycles. The topological polar surface area (TPSA) is 36.4 Å². The second-order valence-corrected chi connectivity index (χ2v) is 5.15. The maximum atomic E-state index is 9.41. The number of aliphatic hydroxyl groups is 1. The molecule has 0 radical (unpaired) electrons. The largest absolute Gasteiger partial charge is 0.387 e. The smallest absolute Gasteiger partial charge is 0.0931 e. The lowest BCUT2D eigenvalue weighted by atomic mass is 10.1. The van der Waals surface area contributed by atoms with E-state index in [9.17, 15) is 5.11 Å². The van der Waals surface area contributed by atoms with E-state index in [1.165, 1.54) is 25.7 Å². The van der Waals surface area contributed by atoms with Crippen LogP contribution in [-0.2, 0) is 0 Å². The molecule has 1 fully saturated rings. The van der Waals surface area contributed by atoms with Gasteiger partial charge in [0.2, 0.25) is 0 Å². The minimum Gasteiger partial charge on any atom is -0.387 e. The molecule has 0 bridgehead atoms. The predicted molar refractivity (Wildman–Crippen MR) is 70.1 cm³/mol. The van der Waals surface area contributed by atoms with E-state index < -0.39 is 6.10 Å². The molecular weight excluding hydrogens is 212 g/mol. The van der Waals surface area contributed by atoms with Crippen LogP contribution in [0.4, 0.5) is 5.69 Å². The Kier molecular flexibility index (Phi) is 4.00. The van der Waals surface area contributed by atoms with Crippen LogP contribution in [0.5, 0.6) is 0 Å². The first-order valence-corrected chi connectivity index (χ1v) is 6.52. The number of hydrogen-bond acceptors (Lipinski definition) is 3. The van der Waals surface area contributed by atoms with Gasteiger partial charge >= 0.3 is 0 Å². The second-order valence-electron chi connectivity index (χ2n) is 5.15. The van der Waals surface area contributed by atoms with Gasteiger partial charge in [-0.3, -0.25) is 4.98 Å². The van der Waals surface area contributed by atoms with Crippen molar-refractivity contribution in [2.75, 3.05) is 18.5 Å². The molecule has 94 valence electrons. The summed E-state index contributed by atoms with van der Waals surface area (Å²) < 4.78 is 0. The molecule has 17 heavy (non-hydrogen) atoms. The quantitative estimate of drug-likeness (QED) is 0.870. The fourth-order valence-corrected chi connectivity index (χ4v) is 2.56. The van der Waals surface area contributed by atoms with Gasteiger partial charge < -0.3 is 10.0 Å². The summed E-state index contributed by atoms with van der Waals surface area (Å²) in [6, 6.07) is 3.95. The molecule has 0 amide bonds. The SMILES string of the molecule is CC(O)c1ccc(N(C)CC2CCCC2)cn1. The van der Waals surface area contributed by atoms with Crippen molar-refractivity contribution in [3.8, 4) is 0 Å². The van der Waals surface area contributed by atoms with Crippen molar-refractivity contribution in [3.63, 3.8) is 0 Å². The summed E-state index contributed by atoms with van der Waals surface area (Å²) in [5.41, 5.74) is 1.88. The van der Waals surface area contributed by atoms with Crippen molar-refractivity contribution < 1.29 is 5.11 Å². The van der Waals surface area contributed by atoms with Crippen LogP contribution in [0.25, 0.3) is 0 Å². The normalized spacial score (nSPS) is 18.3. The Balaban J connectivity index is 1.96. The zero-order chi connectivity index (χ0) is 12.3. The monoisotopic (exact) mass is 234 g/mol. The summed E-state index contributed by atoms with van der Waals surface area (Å²) >= 11 is 0. The van der Waals surface area contributed by atoms with Crippen molar-refractivity contribution in [2.45, 2.75) is 38.7 Å². The van der Waals surface area contributed by atoms with Crippen LogP contribution in [0.3, 0.4) is 0 Å². The van der Waals surface area contributed by atoms with Gasteiger partial charge in [0.25, 0.3) is 0 Å². The Hall–Kier alpha value is -1.09. The first kappa shape index (κ1) is 12.4. The molecule has 1 saturated carbocycles. The first-order valence-electron chi connectivity index (χ1n) is 6.52. The lowest BCUT2D eigenvalue weighted by Gasteiger charge is -2.23. The average Bonchev–Trinajstić information content (AvgIpc) is 2.82. The van der Waals surface area contributed by atoms with Crippen LogP contribution >= 0.6 is 0 Å². The Labute approximate surface area is 103 Å². The molecule has 1 atom stereocenters. The summed E-state index contributed by atoms with van der Waals surface area (Å²) in [6.07, 6.45) is 6.88. The van der Waals surface area contributed by atoms with E-state index in [2.05, 4.69) is 16.9 Å². The third kappa shape index (κ3) is 3.19. The van der Waals surface area contributed by atoms with E-state index in [0.717, 1.165) is 23.8 Å². The fraction of sp³-hybridized carbons (Fsp3) is 0.643. The molecule has 1 N–H and O–H groups in total. The van der Waals surface area contributed by atoms with Gasteiger partial charge in [0.15, 0.2) is 0 Å². The first-order chi connectivity index (χ1) is 8.16. The number of pyridine rings is 1. The Morgan fingerprint density at radius 3 is 2.65 bits per heavy atom. The van der Waals surface area contributed by atoms with E-state index in [0.29, 0.717) is 0 Å². The zero-order valence-corrected chi connectivity index (χ0v) is 10.8. The molecule has 3 nitrogen and oxygen atoms in total. The molecule has 1 heterocycles.